The second-order valence-corrected chi connectivity index (χ2v) is 4.16. The van der Waals surface area contributed by atoms with Gasteiger partial charge >= 0.3 is 5.97 Å². The average Bonchev–Trinajstić information content (AvgIpc) is 2.85. The van der Waals surface area contributed by atoms with E-state index in [1.165, 1.54) is 6.08 Å². The lowest BCUT2D eigenvalue weighted by Gasteiger charge is -2.03. The monoisotopic (exact) mass is 271 g/mol. The van der Waals surface area contributed by atoms with Gasteiger partial charge in [0.15, 0.2) is 5.76 Å². The average molecular weight is 271 g/mol. The Bertz CT molecular complexity index is 653. The van der Waals surface area contributed by atoms with Crippen molar-refractivity contribution >= 4 is 23.6 Å². The number of benzene rings is 1. The Kier molecular flexibility index (Phi) is 4.00. The third kappa shape index (κ3) is 3.58. The molecule has 0 aliphatic carbocycles. The third-order valence-corrected chi connectivity index (χ3v) is 2.55. The van der Waals surface area contributed by atoms with Crippen molar-refractivity contribution in [3.63, 3.8) is 0 Å². The number of aliphatic carboxylic acids is 1. The molecule has 0 saturated heterocycles. The molecule has 0 bridgehead atoms. The van der Waals surface area contributed by atoms with Crippen LogP contribution in [0.3, 0.4) is 0 Å². The minimum Gasteiger partial charge on any atom is -0.478 e. The van der Waals surface area contributed by atoms with Gasteiger partial charge in [0, 0.05) is 11.8 Å². The van der Waals surface area contributed by atoms with Gasteiger partial charge in [0.2, 0.25) is 0 Å². The fourth-order valence-corrected chi connectivity index (χ4v) is 1.59. The molecule has 0 aliphatic heterocycles. The Balaban J connectivity index is 2.03. The molecule has 2 N–H and O–H groups in total. The number of hydrogen-bond donors (Lipinski definition) is 2. The zero-order valence-corrected chi connectivity index (χ0v) is 10.8. The first-order valence-corrected chi connectivity index (χ1v) is 5.93. The number of furan rings is 1. The molecule has 0 spiro atoms. The molecule has 1 aromatic heterocycles. The summed E-state index contributed by atoms with van der Waals surface area (Å²) in [6, 6.07) is 10.1. The summed E-state index contributed by atoms with van der Waals surface area (Å²) in [6.45, 7) is 1.76. The SMILES string of the molecule is Cc1ccc(C(=O)Nc2ccc(/C=C/C(=O)O)cc2)o1. The fourth-order valence-electron chi connectivity index (χ4n) is 1.59. The number of carbonyl (C=O) groups excluding carboxylic acids is 1. The standard InChI is InChI=1S/C15H13NO4/c1-10-2-8-13(20-10)15(19)16-12-6-3-11(4-7-12)5-9-14(17)18/h2-9H,1H3,(H,16,19)(H,17,18)/b9-5+. The quantitative estimate of drug-likeness (QED) is 0.838. The van der Waals surface area contributed by atoms with Crippen LogP contribution in [0.4, 0.5) is 5.69 Å². The lowest BCUT2D eigenvalue weighted by Crippen LogP contribution is -2.10. The second kappa shape index (κ2) is 5.88. The molecule has 0 fully saturated rings. The van der Waals surface area contributed by atoms with Crippen LogP contribution in [0, 0.1) is 6.92 Å². The molecule has 0 unspecified atom stereocenters. The van der Waals surface area contributed by atoms with Gasteiger partial charge in [0.25, 0.3) is 5.91 Å². The summed E-state index contributed by atoms with van der Waals surface area (Å²) in [5, 5.41) is 11.2. The molecule has 5 heteroatoms. The van der Waals surface area contributed by atoms with Gasteiger partial charge < -0.3 is 14.8 Å². The molecular weight excluding hydrogens is 258 g/mol. The topological polar surface area (TPSA) is 79.5 Å². The van der Waals surface area contributed by atoms with Gasteiger partial charge in [-0.1, -0.05) is 12.1 Å². The van der Waals surface area contributed by atoms with E-state index in [9.17, 15) is 9.59 Å². The van der Waals surface area contributed by atoms with E-state index in [1.807, 2.05) is 0 Å². The minimum atomic E-state index is -1.00. The summed E-state index contributed by atoms with van der Waals surface area (Å²) in [6.07, 6.45) is 2.53. The van der Waals surface area contributed by atoms with E-state index in [0.29, 0.717) is 11.4 Å². The zero-order chi connectivity index (χ0) is 14.5. The lowest BCUT2D eigenvalue weighted by molar-refractivity contribution is -0.131. The maximum atomic E-state index is 11.8. The van der Waals surface area contributed by atoms with Gasteiger partial charge in [0.1, 0.15) is 5.76 Å². The van der Waals surface area contributed by atoms with E-state index in [-0.39, 0.29) is 11.7 Å². The van der Waals surface area contributed by atoms with E-state index in [2.05, 4.69) is 5.32 Å². The summed E-state index contributed by atoms with van der Waals surface area (Å²) in [5.74, 6) is -0.413. The molecule has 0 saturated carbocycles. The van der Waals surface area contributed by atoms with Crippen LogP contribution >= 0.6 is 0 Å². The van der Waals surface area contributed by atoms with Crippen LogP contribution < -0.4 is 5.32 Å². The molecule has 20 heavy (non-hydrogen) atoms. The van der Waals surface area contributed by atoms with Crippen molar-refractivity contribution in [2.24, 2.45) is 0 Å². The number of nitrogens with one attached hydrogen (secondary N) is 1. The zero-order valence-electron chi connectivity index (χ0n) is 10.8. The van der Waals surface area contributed by atoms with Crippen molar-refractivity contribution in [2.75, 3.05) is 5.32 Å². The Morgan fingerprint density at radius 3 is 2.40 bits per heavy atom. The van der Waals surface area contributed by atoms with E-state index >= 15 is 0 Å². The van der Waals surface area contributed by atoms with Crippen LogP contribution in [0.1, 0.15) is 21.9 Å². The molecule has 102 valence electrons. The largest absolute Gasteiger partial charge is 0.478 e. The molecule has 0 atom stereocenters. The fraction of sp³-hybridized carbons (Fsp3) is 0.0667. The van der Waals surface area contributed by atoms with E-state index in [4.69, 9.17) is 9.52 Å². The number of aryl methyl sites for hydroxylation is 1. The van der Waals surface area contributed by atoms with Crippen molar-refractivity contribution < 1.29 is 19.1 Å². The number of carbonyl (C=O) groups is 2. The molecule has 2 aromatic rings. The van der Waals surface area contributed by atoms with Crippen molar-refractivity contribution in [1.29, 1.82) is 0 Å². The predicted molar refractivity (Wildman–Crippen MR) is 74.5 cm³/mol. The van der Waals surface area contributed by atoms with Crippen LogP contribution in [0.15, 0.2) is 46.9 Å². The van der Waals surface area contributed by atoms with Crippen LogP contribution in [-0.4, -0.2) is 17.0 Å². The van der Waals surface area contributed by atoms with E-state index < -0.39 is 5.97 Å². The molecule has 0 radical (unpaired) electrons. The highest BCUT2D eigenvalue weighted by atomic mass is 16.4. The molecule has 1 aromatic carbocycles. The Morgan fingerprint density at radius 1 is 1.15 bits per heavy atom. The molecule has 1 heterocycles. The summed E-state index contributed by atoms with van der Waals surface area (Å²) in [5.41, 5.74) is 1.34. The molecule has 1 amide bonds. The van der Waals surface area contributed by atoms with Gasteiger partial charge in [-0.25, -0.2) is 4.79 Å². The van der Waals surface area contributed by atoms with Gasteiger partial charge in [-0.2, -0.15) is 0 Å². The van der Waals surface area contributed by atoms with Crippen molar-refractivity contribution in [2.45, 2.75) is 6.92 Å². The highest BCUT2D eigenvalue weighted by Gasteiger charge is 2.09. The number of hydrogen-bond acceptors (Lipinski definition) is 3. The summed E-state index contributed by atoms with van der Waals surface area (Å²) >= 11 is 0. The third-order valence-electron chi connectivity index (χ3n) is 2.55. The first-order valence-electron chi connectivity index (χ1n) is 5.93. The Hall–Kier alpha value is -2.82. The smallest absolute Gasteiger partial charge is 0.328 e. The maximum Gasteiger partial charge on any atom is 0.328 e. The molecular formula is C15H13NO4. The van der Waals surface area contributed by atoms with E-state index in [0.717, 1.165) is 11.6 Å². The van der Waals surface area contributed by atoms with Crippen molar-refractivity contribution in [3.8, 4) is 0 Å². The number of amides is 1. The first kappa shape index (κ1) is 13.6. The van der Waals surface area contributed by atoms with Crippen molar-refractivity contribution in [1.82, 2.24) is 0 Å². The number of anilines is 1. The Labute approximate surface area is 115 Å². The highest BCUT2D eigenvalue weighted by Crippen LogP contribution is 2.13. The van der Waals surface area contributed by atoms with Gasteiger partial charge in [-0.05, 0) is 42.8 Å². The normalized spacial score (nSPS) is 10.7. The van der Waals surface area contributed by atoms with Crippen LogP contribution in [0.2, 0.25) is 0 Å². The summed E-state index contributed by atoms with van der Waals surface area (Å²) in [7, 11) is 0. The Morgan fingerprint density at radius 2 is 1.85 bits per heavy atom. The summed E-state index contributed by atoms with van der Waals surface area (Å²) in [4.78, 5) is 22.2. The number of rotatable bonds is 4. The summed E-state index contributed by atoms with van der Waals surface area (Å²) < 4.78 is 5.22. The van der Waals surface area contributed by atoms with Crippen LogP contribution in [-0.2, 0) is 4.79 Å². The van der Waals surface area contributed by atoms with Crippen LogP contribution in [0.5, 0.6) is 0 Å². The van der Waals surface area contributed by atoms with E-state index in [1.54, 1.807) is 43.3 Å². The molecule has 2 rings (SSSR count). The van der Waals surface area contributed by atoms with Gasteiger partial charge in [-0.15, -0.1) is 0 Å². The highest BCUT2D eigenvalue weighted by molar-refractivity contribution is 6.02. The lowest BCUT2D eigenvalue weighted by atomic mass is 10.2. The second-order valence-electron chi connectivity index (χ2n) is 4.16. The molecule has 0 aliphatic rings. The minimum absolute atomic E-state index is 0.248. The van der Waals surface area contributed by atoms with Crippen LogP contribution in [0.25, 0.3) is 6.08 Å². The van der Waals surface area contributed by atoms with Gasteiger partial charge in [-0.3, -0.25) is 4.79 Å². The predicted octanol–water partition coefficient (Wildman–Crippen LogP) is 2.94. The number of carboxylic acid groups (broad SMARTS) is 1. The molecule has 5 nitrogen and oxygen atoms in total. The maximum absolute atomic E-state index is 11.8. The van der Waals surface area contributed by atoms with Gasteiger partial charge in [0.05, 0.1) is 0 Å². The first-order chi connectivity index (χ1) is 9.54. The van der Waals surface area contributed by atoms with Crippen molar-refractivity contribution in [3.05, 3.63) is 59.6 Å². The number of carboxylic acids is 1.